The van der Waals surface area contributed by atoms with Gasteiger partial charge in [-0.15, -0.1) is 0 Å². The van der Waals surface area contributed by atoms with Gasteiger partial charge in [0.2, 0.25) is 5.91 Å². The van der Waals surface area contributed by atoms with Gasteiger partial charge in [0.15, 0.2) is 11.5 Å². The second-order valence-corrected chi connectivity index (χ2v) is 4.64. The van der Waals surface area contributed by atoms with Gasteiger partial charge in [-0.1, -0.05) is 13.0 Å². The summed E-state index contributed by atoms with van der Waals surface area (Å²) in [6, 6.07) is 5.52. The lowest BCUT2D eigenvalue weighted by molar-refractivity contribution is -0.126. The first-order chi connectivity index (χ1) is 8.94. The molecule has 1 aromatic rings. The molecule has 106 valence electrons. The van der Waals surface area contributed by atoms with Crippen LogP contribution in [0.4, 0.5) is 0 Å². The van der Waals surface area contributed by atoms with Crippen LogP contribution in [0.2, 0.25) is 0 Å². The van der Waals surface area contributed by atoms with Crippen molar-refractivity contribution in [2.75, 3.05) is 14.2 Å². The standard InChI is InChI=1S/C14H22N2O3/c1-5-14(2,15)13(17)16-9-10-6-7-11(18-3)12(8-10)19-4/h6-8H,5,9,15H2,1-4H3,(H,16,17). The van der Waals surface area contributed by atoms with E-state index in [1.54, 1.807) is 21.1 Å². The molecule has 0 aliphatic carbocycles. The highest BCUT2D eigenvalue weighted by atomic mass is 16.5. The van der Waals surface area contributed by atoms with Crippen molar-refractivity contribution >= 4 is 5.91 Å². The third-order valence-electron chi connectivity index (χ3n) is 3.15. The highest BCUT2D eigenvalue weighted by Crippen LogP contribution is 2.27. The second-order valence-electron chi connectivity index (χ2n) is 4.64. The average molecular weight is 266 g/mol. The van der Waals surface area contributed by atoms with E-state index in [0.29, 0.717) is 24.5 Å². The van der Waals surface area contributed by atoms with E-state index in [9.17, 15) is 4.79 Å². The minimum absolute atomic E-state index is 0.162. The molecule has 0 saturated heterocycles. The maximum Gasteiger partial charge on any atom is 0.240 e. The topological polar surface area (TPSA) is 73.6 Å². The van der Waals surface area contributed by atoms with E-state index in [1.807, 2.05) is 25.1 Å². The number of carbonyl (C=O) groups excluding carboxylic acids is 1. The van der Waals surface area contributed by atoms with Gasteiger partial charge < -0.3 is 20.5 Å². The average Bonchev–Trinajstić information content (AvgIpc) is 2.44. The molecular formula is C14H22N2O3. The second kappa shape index (κ2) is 6.43. The normalized spacial score (nSPS) is 13.5. The van der Waals surface area contributed by atoms with E-state index >= 15 is 0 Å². The number of rotatable bonds is 6. The molecule has 5 heteroatoms. The maximum atomic E-state index is 11.9. The monoisotopic (exact) mass is 266 g/mol. The van der Waals surface area contributed by atoms with Crippen molar-refractivity contribution < 1.29 is 14.3 Å². The Hall–Kier alpha value is -1.75. The van der Waals surface area contributed by atoms with Crippen LogP contribution in [0.5, 0.6) is 11.5 Å². The van der Waals surface area contributed by atoms with Gasteiger partial charge in [-0.25, -0.2) is 0 Å². The molecule has 5 nitrogen and oxygen atoms in total. The van der Waals surface area contributed by atoms with Gasteiger partial charge in [0.05, 0.1) is 19.8 Å². The van der Waals surface area contributed by atoms with Gasteiger partial charge in [-0.05, 0) is 31.0 Å². The van der Waals surface area contributed by atoms with Crippen molar-refractivity contribution in [1.82, 2.24) is 5.32 Å². The van der Waals surface area contributed by atoms with E-state index in [-0.39, 0.29) is 5.91 Å². The number of hydrogen-bond donors (Lipinski definition) is 2. The van der Waals surface area contributed by atoms with Crippen molar-refractivity contribution in [1.29, 1.82) is 0 Å². The number of nitrogens with one attached hydrogen (secondary N) is 1. The Labute approximate surface area is 114 Å². The largest absolute Gasteiger partial charge is 0.493 e. The van der Waals surface area contributed by atoms with Crippen LogP contribution in [0, 0.1) is 0 Å². The van der Waals surface area contributed by atoms with E-state index in [0.717, 1.165) is 5.56 Å². The van der Waals surface area contributed by atoms with Crippen LogP contribution < -0.4 is 20.5 Å². The van der Waals surface area contributed by atoms with Crippen LogP contribution in [-0.2, 0) is 11.3 Å². The number of carbonyl (C=O) groups is 1. The Morgan fingerprint density at radius 2 is 1.95 bits per heavy atom. The van der Waals surface area contributed by atoms with Crippen LogP contribution in [-0.4, -0.2) is 25.7 Å². The highest BCUT2D eigenvalue weighted by molar-refractivity contribution is 5.85. The van der Waals surface area contributed by atoms with Gasteiger partial charge >= 0.3 is 0 Å². The smallest absolute Gasteiger partial charge is 0.240 e. The Morgan fingerprint density at radius 3 is 2.47 bits per heavy atom. The predicted octanol–water partition coefficient (Wildman–Crippen LogP) is 1.45. The zero-order valence-electron chi connectivity index (χ0n) is 11.9. The maximum absolute atomic E-state index is 11.9. The molecule has 0 saturated carbocycles. The fourth-order valence-corrected chi connectivity index (χ4v) is 1.54. The molecule has 0 aliphatic rings. The predicted molar refractivity (Wildman–Crippen MR) is 74.3 cm³/mol. The fraction of sp³-hybridized carbons (Fsp3) is 0.500. The summed E-state index contributed by atoms with van der Waals surface area (Å²) < 4.78 is 10.4. The molecule has 3 N–H and O–H groups in total. The number of amides is 1. The van der Waals surface area contributed by atoms with Gasteiger partial charge in [-0.3, -0.25) is 4.79 Å². The summed E-state index contributed by atoms with van der Waals surface area (Å²) in [4.78, 5) is 11.9. The van der Waals surface area contributed by atoms with Crippen LogP contribution in [0.25, 0.3) is 0 Å². The molecule has 0 aromatic heterocycles. The molecular weight excluding hydrogens is 244 g/mol. The molecule has 0 aliphatic heterocycles. The van der Waals surface area contributed by atoms with Gasteiger partial charge in [0.25, 0.3) is 0 Å². The molecule has 1 unspecified atom stereocenters. The van der Waals surface area contributed by atoms with Crippen LogP contribution >= 0.6 is 0 Å². The summed E-state index contributed by atoms with van der Waals surface area (Å²) >= 11 is 0. The molecule has 1 atom stereocenters. The summed E-state index contributed by atoms with van der Waals surface area (Å²) in [5, 5.41) is 2.82. The zero-order chi connectivity index (χ0) is 14.5. The quantitative estimate of drug-likeness (QED) is 0.817. The molecule has 0 spiro atoms. The summed E-state index contributed by atoms with van der Waals surface area (Å²) in [5.74, 6) is 1.14. The third-order valence-corrected chi connectivity index (χ3v) is 3.15. The lowest BCUT2D eigenvalue weighted by Gasteiger charge is -2.21. The summed E-state index contributed by atoms with van der Waals surface area (Å²) in [6.45, 7) is 4.01. The summed E-state index contributed by atoms with van der Waals surface area (Å²) in [5.41, 5.74) is 5.96. The van der Waals surface area contributed by atoms with Crippen molar-refractivity contribution in [2.45, 2.75) is 32.4 Å². The minimum atomic E-state index is -0.837. The van der Waals surface area contributed by atoms with E-state index < -0.39 is 5.54 Å². The summed E-state index contributed by atoms with van der Waals surface area (Å²) in [6.07, 6.45) is 0.588. The van der Waals surface area contributed by atoms with Crippen LogP contribution in [0.15, 0.2) is 18.2 Å². The van der Waals surface area contributed by atoms with E-state index in [2.05, 4.69) is 5.32 Å². The Morgan fingerprint density at radius 1 is 1.32 bits per heavy atom. The van der Waals surface area contributed by atoms with Crippen molar-refractivity contribution in [3.05, 3.63) is 23.8 Å². The third kappa shape index (κ3) is 3.86. The Balaban J connectivity index is 2.71. The molecule has 19 heavy (non-hydrogen) atoms. The minimum Gasteiger partial charge on any atom is -0.493 e. The van der Waals surface area contributed by atoms with Crippen molar-refractivity contribution in [3.8, 4) is 11.5 Å². The summed E-state index contributed by atoms with van der Waals surface area (Å²) in [7, 11) is 3.16. The van der Waals surface area contributed by atoms with Crippen molar-refractivity contribution in [3.63, 3.8) is 0 Å². The number of nitrogens with two attached hydrogens (primary N) is 1. The van der Waals surface area contributed by atoms with Gasteiger partial charge in [0, 0.05) is 6.54 Å². The lowest BCUT2D eigenvalue weighted by atomic mass is 9.99. The number of methoxy groups -OCH3 is 2. The van der Waals surface area contributed by atoms with Crippen molar-refractivity contribution in [2.24, 2.45) is 5.73 Å². The first kappa shape index (κ1) is 15.3. The SMILES string of the molecule is CCC(C)(N)C(=O)NCc1ccc(OC)c(OC)c1. The Bertz CT molecular complexity index is 444. The molecule has 0 fully saturated rings. The first-order valence-electron chi connectivity index (χ1n) is 6.22. The first-order valence-corrected chi connectivity index (χ1v) is 6.22. The molecule has 0 radical (unpaired) electrons. The molecule has 0 heterocycles. The van der Waals surface area contributed by atoms with Crippen LogP contribution in [0.3, 0.4) is 0 Å². The Kier molecular flexibility index (Phi) is 5.18. The highest BCUT2D eigenvalue weighted by Gasteiger charge is 2.25. The molecule has 0 bridgehead atoms. The number of hydrogen-bond acceptors (Lipinski definition) is 4. The van der Waals surface area contributed by atoms with E-state index in [1.165, 1.54) is 0 Å². The fourth-order valence-electron chi connectivity index (χ4n) is 1.54. The molecule has 1 rings (SSSR count). The molecule has 1 aromatic carbocycles. The number of ether oxygens (including phenoxy) is 2. The lowest BCUT2D eigenvalue weighted by Crippen LogP contribution is -2.50. The van der Waals surface area contributed by atoms with E-state index in [4.69, 9.17) is 15.2 Å². The number of benzene rings is 1. The van der Waals surface area contributed by atoms with Crippen LogP contribution in [0.1, 0.15) is 25.8 Å². The molecule has 1 amide bonds. The van der Waals surface area contributed by atoms with Gasteiger partial charge in [0.1, 0.15) is 0 Å². The van der Waals surface area contributed by atoms with Gasteiger partial charge in [-0.2, -0.15) is 0 Å². The zero-order valence-corrected chi connectivity index (χ0v) is 11.9.